The van der Waals surface area contributed by atoms with Gasteiger partial charge in [-0.25, -0.2) is 0 Å². The molecule has 2 fully saturated rings. The largest absolute Gasteiger partial charge is 0.359 e. The Labute approximate surface area is 127 Å². The van der Waals surface area contributed by atoms with Gasteiger partial charge in [-0.2, -0.15) is 0 Å². The molecule has 120 valence electrons. The molecule has 1 saturated carbocycles. The standard InChI is InChI=1S/C15H29N5O/c1-15(2,13(21)16-3)10-18-14(17-4)19-11-7-8-20(9-11)12-5-6-12/h11-12H,5-10H2,1-4H3,(H,16,21)(H2,17,18,19). The monoisotopic (exact) mass is 295 g/mol. The van der Waals surface area contributed by atoms with E-state index in [4.69, 9.17) is 0 Å². The quantitative estimate of drug-likeness (QED) is 0.499. The molecule has 0 aromatic rings. The Bertz CT molecular complexity index is 403. The van der Waals surface area contributed by atoms with E-state index in [0.717, 1.165) is 25.0 Å². The fraction of sp³-hybridized carbons (Fsp3) is 0.867. The van der Waals surface area contributed by atoms with Crippen LogP contribution in [0, 0.1) is 5.41 Å². The maximum atomic E-state index is 11.8. The summed E-state index contributed by atoms with van der Waals surface area (Å²) in [5, 5.41) is 9.44. The Morgan fingerprint density at radius 2 is 2.05 bits per heavy atom. The van der Waals surface area contributed by atoms with Gasteiger partial charge in [0.2, 0.25) is 5.91 Å². The second kappa shape index (κ2) is 6.64. The number of likely N-dealkylation sites (tertiary alicyclic amines) is 1. The molecule has 2 aliphatic rings. The molecule has 3 N–H and O–H groups in total. The molecule has 0 aromatic carbocycles. The van der Waals surface area contributed by atoms with Gasteiger partial charge in [0, 0.05) is 45.8 Å². The fourth-order valence-corrected chi connectivity index (χ4v) is 2.79. The zero-order chi connectivity index (χ0) is 15.5. The van der Waals surface area contributed by atoms with Crippen molar-refractivity contribution in [3.8, 4) is 0 Å². The van der Waals surface area contributed by atoms with Gasteiger partial charge in [-0.05, 0) is 33.1 Å². The predicted molar refractivity (Wildman–Crippen MR) is 85.3 cm³/mol. The van der Waals surface area contributed by atoms with Gasteiger partial charge in [0.05, 0.1) is 5.41 Å². The third kappa shape index (κ3) is 4.33. The van der Waals surface area contributed by atoms with Crippen LogP contribution in [0.1, 0.15) is 33.1 Å². The van der Waals surface area contributed by atoms with Gasteiger partial charge in [-0.1, -0.05) is 0 Å². The van der Waals surface area contributed by atoms with Crippen molar-refractivity contribution in [2.24, 2.45) is 10.4 Å². The molecule has 0 aromatic heterocycles. The van der Waals surface area contributed by atoms with E-state index in [1.54, 1.807) is 14.1 Å². The van der Waals surface area contributed by atoms with Gasteiger partial charge in [0.15, 0.2) is 5.96 Å². The van der Waals surface area contributed by atoms with Crippen LogP contribution in [0.2, 0.25) is 0 Å². The number of aliphatic imine (C=N–C) groups is 1. The van der Waals surface area contributed by atoms with E-state index >= 15 is 0 Å². The molecule has 1 aliphatic carbocycles. The second-order valence-electron chi connectivity index (χ2n) is 6.74. The Kier molecular flexibility index (Phi) is 5.08. The molecule has 21 heavy (non-hydrogen) atoms. The predicted octanol–water partition coefficient (Wildman–Crippen LogP) is 0.160. The SMILES string of the molecule is CN=C(NCC(C)(C)C(=O)NC)NC1CCN(C2CC2)C1. The van der Waals surface area contributed by atoms with Crippen LogP contribution in [0.5, 0.6) is 0 Å². The van der Waals surface area contributed by atoms with E-state index in [2.05, 4.69) is 25.8 Å². The molecule has 6 heteroatoms. The Morgan fingerprint density at radius 3 is 2.62 bits per heavy atom. The lowest BCUT2D eigenvalue weighted by atomic mass is 9.92. The molecule has 6 nitrogen and oxygen atoms in total. The molecule has 0 radical (unpaired) electrons. The minimum Gasteiger partial charge on any atom is -0.359 e. The van der Waals surface area contributed by atoms with Crippen LogP contribution < -0.4 is 16.0 Å². The van der Waals surface area contributed by atoms with Crippen LogP contribution in [-0.4, -0.2) is 62.6 Å². The summed E-state index contributed by atoms with van der Waals surface area (Å²) in [6, 6.07) is 1.29. The van der Waals surface area contributed by atoms with E-state index in [1.807, 2.05) is 13.8 Å². The van der Waals surface area contributed by atoms with Crippen molar-refractivity contribution < 1.29 is 4.79 Å². The first-order chi connectivity index (χ1) is 9.96. The summed E-state index contributed by atoms with van der Waals surface area (Å²) >= 11 is 0. The van der Waals surface area contributed by atoms with Crippen molar-refractivity contribution in [2.75, 3.05) is 33.7 Å². The molecule has 1 aliphatic heterocycles. The summed E-state index contributed by atoms with van der Waals surface area (Å²) in [5.41, 5.74) is -0.456. The molecule has 1 atom stereocenters. The molecule has 1 heterocycles. The topological polar surface area (TPSA) is 68.8 Å². The van der Waals surface area contributed by atoms with Crippen molar-refractivity contribution in [2.45, 2.75) is 45.2 Å². The lowest BCUT2D eigenvalue weighted by molar-refractivity contribution is -0.128. The highest BCUT2D eigenvalue weighted by Crippen LogP contribution is 2.29. The number of carbonyl (C=O) groups is 1. The van der Waals surface area contributed by atoms with E-state index in [1.165, 1.54) is 19.4 Å². The molecule has 2 rings (SSSR count). The number of amides is 1. The van der Waals surface area contributed by atoms with Gasteiger partial charge in [-0.15, -0.1) is 0 Å². The summed E-state index contributed by atoms with van der Waals surface area (Å²) < 4.78 is 0. The van der Waals surface area contributed by atoms with Crippen molar-refractivity contribution in [3.63, 3.8) is 0 Å². The van der Waals surface area contributed by atoms with Gasteiger partial charge in [-0.3, -0.25) is 14.7 Å². The van der Waals surface area contributed by atoms with Crippen molar-refractivity contribution >= 4 is 11.9 Å². The van der Waals surface area contributed by atoms with Gasteiger partial charge < -0.3 is 16.0 Å². The Hall–Kier alpha value is -1.30. The van der Waals surface area contributed by atoms with E-state index < -0.39 is 5.41 Å². The number of nitrogens with zero attached hydrogens (tertiary/aromatic N) is 2. The lowest BCUT2D eigenvalue weighted by Crippen LogP contribution is -2.50. The van der Waals surface area contributed by atoms with Crippen LogP contribution in [0.3, 0.4) is 0 Å². The average molecular weight is 295 g/mol. The fourth-order valence-electron chi connectivity index (χ4n) is 2.79. The van der Waals surface area contributed by atoms with Crippen LogP contribution in [0.4, 0.5) is 0 Å². The van der Waals surface area contributed by atoms with Crippen LogP contribution in [-0.2, 0) is 4.79 Å². The third-order valence-corrected chi connectivity index (χ3v) is 4.39. The van der Waals surface area contributed by atoms with Crippen molar-refractivity contribution in [3.05, 3.63) is 0 Å². The van der Waals surface area contributed by atoms with Gasteiger partial charge in [0.1, 0.15) is 0 Å². The normalized spacial score (nSPS) is 24.0. The lowest BCUT2D eigenvalue weighted by Gasteiger charge is -2.25. The van der Waals surface area contributed by atoms with E-state index in [0.29, 0.717) is 12.6 Å². The van der Waals surface area contributed by atoms with Gasteiger partial charge >= 0.3 is 0 Å². The van der Waals surface area contributed by atoms with Crippen LogP contribution in [0.15, 0.2) is 4.99 Å². The first-order valence-corrected chi connectivity index (χ1v) is 7.89. The summed E-state index contributed by atoms with van der Waals surface area (Å²) in [6.45, 7) is 6.70. The Balaban J connectivity index is 1.77. The zero-order valence-corrected chi connectivity index (χ0v) is 13.7. The molecule has 0 spiro atoms. The minimum atomic E-state index is -0.456. The number of hydrogen-bond acceptors (Lipinski definition) is 3. The maximum Gasteiger partial charge on any atom is 0.227 e. The summed E-state index contributed by atoms with van der Waals surface area (Å²) in [5.74, 6) is 0.820. The molecule has 1 unspecified atom stereocenters. The van der Waals surface area contributed by atoms with Gasteiger partial charge in [0.25, 0.3) is 0 Å². The first-order valence-electron chi connectivity index (χ1n) is 7.89. The molecule has 1 amide bonds. The Morgan fingerprint density at radius 1 is 1.33 bits per heavy atom. The highest BCUT2D eigenvalue weighted by molar-refractivity contribution is 5.84. The number of carbonyl (C=O) groups excluding carboxylic acids is 1. The summed E-state index contributed by atoms with van der Waals surface area (Å²) in [6.07, 6.45) is 3.88. The summed E-state index contributed by atoms with van der Waals surface area (Å²) in [7, 11) is 3.44. The van der Waals surface area contributed by atoms with Crippen LogP contribution >= 0.6 is 0 Å². The number of guanidine groups is 1. The molecular weight excluding hydrogens is 266 g/mol. The van der Waals surface area contributed by atoms with Crippen molar-refractivity contribution in [1.29, 1.82) is 0 Å². The first kappa shape index (κ1) is 16.1. The van der Waals surface area contributed by atoms with E-state index in [-0.39, 0.29) is 5.91 Å². The highest BCUT2D eigenvalue weighted by Gasteiger charge is 2.34. The maximum absolute atomic E-state index is 11.8. The molecule has 1 saturated heterocycles. The number of rotatable bonds is 5. The number of hydrogen-bond donors (Lipinski definition) is 3. The zero-order valence-electron chi connectivity index (χ0n) is 13.7. The minimum absolute atomic E-state index is 0.0335. The third-order valence-electron chi connectivity index (χ3n) is 4.39. The van der Waals surface area contributed by atoms with E-state index in [9.17, 15) is 4.79 Å². The second-order valence-corrected chi connectivity index (χ2v) is 6.74. The highest BCUT2D eigenvalue weighted by atomic mass is 16.2. The van der Waals surface area contributed by atoms with Crippen LogP contribution in [0.25, 0.3) is 0 Å². The molecular formula is C15H29N5O. The van der Waals surface area contributed by atoms with Crippen molar-refractivity contribution in [1.82, 2.24) is 20.9 Å². The summed E-state index contributed by atoms with van der Waals surface area (Å²) in [4.78, 5) is 18.6. The smallest absolute Gasteiger partial charge is 0.227 e. The average Bonchev–Trinajstić information content (AvgIpc) is 3.22. The number of nitrogens with one attached hydrogen (secondary N) is 3. The molecule has 0 bridgehead atoms.